The number of hydrogen-bond donors (Lipinski definition) is 5. The van der Waals surface area contributed by atoms with Crippen molar-refractivity contribution in [1.29, 1.82) is 0 Å². The third-order valence-electron chi connectivity index (χ3n) is 9.74. The number of nitrogens with one attached hydrogen (secondary N) is 4. The van der Waals surface area contributed by atoms with Gasteiger partial charge in [-0.3, -0.25) is 24.1 Å². The van der Waals surface area contributed by atoms with Crippen molar-refractivity contribution in [2.45, 2.75) is 110 Å². The van der Waals surface area contributed by atoms with Crippen LogP contribution in [0.25, 0.3) is 0 Å². The topological polar surface area (TPSA) is 179 Å². The van der Waals surface area contributed by atoms with Gasteiger partial charge in [0.25, 0.3) is 5.91 Å². The Morgan fingerprint density at radius 1 is 1.00 bits per heavy atom. The Kier molecular flexibility index (Phi) is 16.3. The number of carboxylic acids is 1. The van der Waals surface area contributed by atoms with E-state index in [4.69, 9.17) is 4.74 Å². The van der Waals surface area contributed by atoms with E-state index in [1.807, 2.05) is 70.0 Å². The fourth-order valence-corrected chi connectivity index (χ4v) is 7.10. The summed E-state index contributed by atoms with van der Waals surface area (Å²) in [5, 5.41) is 23.5. The fraction of sp³-hybridized carbons (Fsp3) is 0.622. The van der Waals surface area contributed by atoms with Crippen molar-refractivity contribution in [2.75, 3.05) is 20.7 Å². The van der Waals surface area contributed by atoms with Crippen LogP contribution in [0, 0.1) is 17.8 Å². The van der Waals surface area contributed by atoms with E-state index in [0.717, 1.165) is 31.4 Å². The Morgan fingerprint density at radius 3 is 2.31 bits per heavy atom. The number of amides is 4. The normalized spacial score (nSPS) is 18.4. The molecule has 1 aliphatic rings. The molecule has 5 N–H and O–H groups in total. The van der Waals surface area contributed by atoms with E-state index in [0.29, 0.717) is 17.8 Å². The van der Waals surface area contributed by atoms with Crippen LogP contribution in [0.5, 0.6) is 0 Å². The molecule has 4 amide bonds. The highest BCUT2D eigenvalue weighted by Crippen LogP contribution is 2.26. The molecule has 0 saturated carbocycles. The molecule has 282 valence electrons. The second-order valence-electron chi connectivity index (χ2n) is 14.1. The minimum atomic E-state index is -0.948. The van der Waals surface area contributed by atoms with Crippen LogP contribution >= 0.6 is 11.3 Å². The lowest BCUT2D eigenvalue weighted by molar-refractivity contribution is -0.141. The largest absolute Gasteiger partial charge is 0.481 e. The quantitative estimate of drug-likeness (QED) is 0.147. The number of alkyl carbamates (subject to hydrolysis) is 1. The molecule has 1 saturated heterocycles. The number of likely N-dealkylation sites (tertiary alicyclic amines) is 1. The molecule has 0 radical (unpaired) electrons. The van der Waals surface area contributed by atoms with Crippen LogP contribution in [-0.2, 0) is 25.5 Å². The highest BCUT2D eigenvalue weighted by Gasteiger charge is 2.34. The zero-order valence-electron chi connectivity index (χ0n) is 30.9. The van der Waals surface area contributed by atoms with Crippen LogP contribution in [0.3, 0.4) is 0 Å². The molecular weight excluding hydrogens is 673 g/mol. The molecule has 2 aromatic rings. The van der Waals surface area contributed by atoms with Crippen molar-refractivity contribution in [3.05, 3.63) is 52.0 Å². The molecule has 51 heavy (non-hydrogen) atoms. The van der Waals surface area contributed by atoms with Crippen LogP contribution in [0.15, 0.2) is 35.7 Å². The summed E-state index contributed by atoms with van der Waals surface area (Å²) >= 11 is 1.19. The number of ether oxygens (including phenoxy) is 1. The number of rotatable bonds is 18. The third-order valence-corrected chi connectivity index (χ3v) is 10.7. The molecule has 0 spiro atoms. The molecule has 1 fully saturated rings. The number of aromatic nitrogens is 1. The Balaban J connectivity index is 1.79. The van der Waals surface area contributed by atoms with Gasteiger partial charge in [-0.05, 0) is 63.1 Å². The zero-order chi connectivity index (χ0) is 37.7. The predicted molar refractivity (Wildman–Crippen MR) is 196 cm³/mol. The van der Waals surface area contributed by atoms with E-state index in [2.05, 4.69) is 26.3 Å². The summed E-state index contributed by atoms with van der Waals surface area (Å²) in [7, 11) is 3.19. The lowest BCUT2D eigenvalue weighted by atomic mass is 9.93. The van der Waals surface area contributed by atoms with Crippen LogP contribution in [-0.4, -0.2) is 89.6 Å². The number of nitrogens with zero attached hydrogens (tertiary/aromatic N) is 2. The number of piperidine rings is 1. The first-order valence-electron chi connectivity index (χ1n) is 17.9. The van der Waals surface area contributed by atoms with Gasteiger partial charge in [0.05, 0.1) is 25.1 Å². The molecule has 14 heteroatoms. The molecular formula is C37H56N6O7S. The van der Waals surface area contributed by atoms with Gasteiger partial charge in [-0.15, -0.1) is 11.3 Å². The van der Waals surface area contributed by atoms with Crippen LogP contribution in [0.4, 0.5) is 4.79 Å². The summed E-state index contributed by atoms with van der Waals surface area (Å²) in [6.07, 6.45) is 3.65. The second-order valence-corrected chi connectivity index (χ2v) is 14.9. The first-order valence-corrected chi connectivity index (χ1v) is 18.8. The number of aliphatic carboxylic acids is 1. The highest BCUT2D eigenvalue weighted by molar-refractivity contribution is 7.09. The molecule has 0 bridgehead atoms. The summed E-state index contributed by atoms with van der Waals surface area (Å²) in [5.41, 5.74) is 1.09. The van der Waals surface area contributed by atoms with Crippen molar-refractivity contribution in [2.24, 2.45) is 17.8 Å². The number of benzene rings is 1. The number of carboxylic acid groups (broad SMARTS) is 1. The summed E-state index contributed by atoms with van der Waals surface area (Å²) < 4.78 is 4.90. The van der Waals surface area contributed by atoms with Crippen LogP contribution < -0.4 is 21.3 Å². The SMILES string of the molecule is CCC(C)C(NC(=O)C1CCCCN1C)C(=O)NC(CC(NC(=O)OC)c1nc(C(=O)NC(Cc2ccccc2)CC(C)C(=O)O)cs1)C(C)C. The number of hydrogen-bond acceptors (Lipinski definition) is 9. The number of likely N-dealkylation sites (N-methyl/N-ethyl adjacent to an activating group) is 1. The Bertz CT molecular complexity index is 1450. The van der Waals surface area contributed by atoms with Crippen LogP contribution in [0.1, 0.15) is 100 Å². The van der Waals surface area contributed by atoms with Gasteiger partial charge in [-0.25, -0.2) is 9.78 Å². The highest BCUT2D eigenvalue weighted by atomic mass is 32.1. The zero-order valence-corrected chi connectivity index (χ0v) is 31.8. The maximum atomic E-state index is 13.8. The average Bonchev–Trinajstić information content (AvgIpc) is 3.60. The summed E-state index contributed by atoms with van der Waals surface area (Å²) in [6.45, 7) is 10.3. The van der Waals surface area contributed by atoms with Crippen molar-refractivity contribution < 1.29 is 33.8 Å². The number of carbonyl (C=O) groups excluding carboxylic acids is 4. The van der Waals surface area contributed by atoms with Crippen LogP contribution in [0.2, 0.25) is 0 Å². The smallest absolute Gasteiger partial charge is 0.407 e. The van der Waals surface area contributed by atoms with Crippen molar-refractivity contribution >= 4 is 41.1 Å². The lowest BCUT2D eigenvalue weighted by Gasteiger charge is -2.34. The van der Waals surface area contributed by atoms with Gasteiger partial charge in [-0.1, -0.05) is 77.8 Å². The maximum Gasteiger partial charge on any atom is 0.407 e. The fourth-order valence-electron chi connectivity index (χ4n) is 6.24. The summed E-state index contributed by atoms with van der Waals surface area (Å²) in [6, 6.07) is 6.89. The van der Waals surface area contributed by atoms with E-state index in [9.17, 15) is 29.1 Å². The van der Waals surface area contributed by atoms with E-state index in [-0.39, 0.29) is 48.2 Å². The second kappa shape index (κ2) is 20.1. The molecule has 7 unspecified atom stereocenters. The van der Waals surface area contributed by atoms with Crippen molar-refractivity contribution in [1.82, 2.24) is 31.2 Å². The van der Waals surface area contributed by atoms with E-state index >= 15 is 0 Å². The maximum absolute atomic E-state index is 13.8. The van der Waals surface area contributed by atoms with Gasteiger partial charge in [-0.2, -0.15) is 0 Å². The molecule has 1 aliphatic heterocycles. The van der Waals surface area contributed by atoms with E-state index in [1.54, 1.807) is 12.3 Å². The Labute approximate surface area is 305 Å². The number of thiazole rings is 1. The molecule has 0 aliphatic carbocycles. The lowest BCUT2D eigenvalue weighted by Crippen LogP contribution is -2.57. The standard InChI is InChI=1S/C37H56N6O7S/c1-8-23(4)31(42-33(45)30-16-12-13-17-43(30)6)34(46)39-27(22(2)3)20-28(41-37(49)50-7)35-40-29(21-51-35)32(44)38-26(18-24(5)36(47)48)19-25-14-10-9-11-15-25/h9-11,14-15,21-24,26-28,30-31H,8,12-13,16-20H2,1-7H3,(H,38,44)(H,39,46)(H,41,49)(H,42,45)(H,47,48). The van der Waals surface area contributed by atoms with Gasteiger partial charge in [0, 0.05) is 17.5 Å². The minimum absolute atomic E-state index is 0.0636. The van der Waals surface area contributed by atoms with E-state index in [1.165, 1.54) is 18.4 Å². The van der Waals surface area contributed by atoms with Gasteiger partial charge in [0.2, 0.25) is 11.8 Å². The number of carbonyl (C=O) groups is 5. The van der Waals surface area contributed by atoms with E-state index < -0.39 is 48.1 Å². The first kappa shape index (κ1) is 41.4. The molecule has 7 atom stereocenters. The number of methoxy groups -OCH3 is 1. The average molecular weight is 729 g/mol. The summed E-state index contributed by atoms with van der Waals surface area (Å²) in [5.74, 6) is -2.72. The van der Waals surface area contributed by atoms with Gasteiger partial charge in [0.1, 0.15) is 16.7 Å². The Morgan fingerprint density at radius 2 is 1.71 bits per heavy atom. The monoisotopic (exact) mass is 728 g/mol. The van der Waals surface area contributed by atoms with Gasteiger partial charge < -0.3 is 31.1 Å². The molecule has 13 nitrogen and oxygen atoms in total. The molecule has 1 aromatic carbocycles. The minimum Gasteiger partial charge on any atom is -0.481 e. The van der Waals surface area contributed by atoms with Crippen molar-refractivity contribution in [3.63, 3.8) is 0 Å². The van der Waals surface area contributed by atoms with Gasteiger partial charge in [0.15, 0.2) is 0 Å². The third kappa shape index (κ3) is 12.6. The molecule has 1 aromatic heterocycles. The molecule has 3 rings (SSSR count). The first-order chi connectivity index (χ1) is 24.2. The molecule has 2 heterocycles. The van der Waals surface area contributed by atoms with Crippen molar-refractivity contribution in [3.8, 4) is 0 Å². The summed E-state index contributed by atoms with van der Waals surface area (Å²) in [4.78, 5) is 71.4. The predicted octanol–water partition coefficient (Wildman–Crippen LogP) is 4.54. The van der Waals surface area contributed by atoms with Gasteiger partial charge >= 0.3 is 12.1 Å². The Hall–Kier alpha value is -4.04.